The molecule has 0 radical (unpaired) electrons. The standard InChI is InChI=1S/C27H21F2N3O4/c28-23(29)13-31-26(34)22-14-32(25-19(24(22)33)9-4-10-30-25)16-6-3-5-15(11-16)17-7-1-2-8-18(17)20-12-21(20)27(35)36/h1-11,14,20-21,23H,12-13H2,(H,31,34)(H,35,36). The number of rotatable bonds is 7. The summed E-state index contributed by atoms with van der Waals surface area (Å²) in [6.07, 6.45) is 0.664. The molecule has 2 N–H and O–H groups in total. The van der Waals surface area contributed by atoms with Crippen molar-refractivity contribution in [3.63, 3.8) is 0 Å². The fourth-order valence-electron chi connectivity index (χ4n) is 4.50. The minimum Gasteiger partial charge on any atom is -0.481 e. The molecule has 0 saturated heterocycles. The second-order valence-corrected chi connectivity index (χ2v) is 8.64. The first-order valence-electron chi connectivity index (χ1n) is 11.3. The molecule has 1 saturated carbocycles. The molecule has 0 bridgehead atoms. The maximum absolute atomic E-state index is 12.9. The summed E-state index contributed by atoms with van der Waals surface area (Å²) in [4.78, 5) is 41.3. The van der Waals surface area contributed by atoms with E-state index in [-0.39, 0.29) is 16.9 Å². The number of carbonyl (C=O) groups is 2. The number of pyridine rings is 2. The molecule has 5 rings (SSSR count). The number of benzene rings is 2. The van der Waals surface area contributed by atoms with E-state index in [1.807, 2.05) is 42.5 Å². The van der Waals surface area contributed by atoms with E-state index in [9.17, 15) is 28.3 Å². The van der Waals surface area contributed by atoms with Gasteiger partial charge in [-0.1, -0.05) is 36.4 Å². The van der Waals surface area contributed by atoms with E-state index < -0.39 is 36.2 Å². The minimum absolute atomic E-state index is 0.0672. The van der Waals surface area contributed by atoms with Gasteiger partial charge in [0.1, 0.15) is 11.2 Å². The Hall–Kier alpha value is -4.40. The average Bonchev–Trinajstić information content (AvgIpc) is 3.69. The zero-order chi connectivity index (χ0) is 25.4. The number of halogens is 2. The summed E-state index contributed by atoms with van der Waals surface area (Å²) < 4.78 is 26.9. The SMILES string of the molecule is O=C(NCC(F)F)c1cn(-c2cccc(-c3ccccc3C3CC3C(=O)O)c2)c2ncccc2c1=O. The Morgan fingerprint density at radius 2 is 1.92 bits per heavy atom. The molecule has 2 aromatic heterocycles. The normalized spacial score (nSPS) is 16.8. The third kappa shape index (κ3) is 4.35. The summed E-state index contributed by atoms with van der Waals surface area (Å²) in [6.45, 7) is -0.867. The summed E-state index contributed by atoms with van der Waals surface area (Å²) in [6, 6.07) is 18.1. The van der Waals surface area contributed by atoms with Crippen molar-refractivity contribution < 1.29 is 23.5 Å². The Kier molecular flexibility index (Phi) is 6.05. The van der Waals surface area contributed by atoms with E-state index in [0.29, 0.717) is 17.8 Å². The number of nitrogens with one attached hydrogen (secondary N) is 1. The number of alkyl halides is 2. The number of hydrogen-bond donors (Lipinski definition) is 2. The molecule has 1 amide bonds. The van der Waals surface area contributed by atoms with Crippen LogP contribution < -0.4 is 10.7 Å². The molecule has 0 aliphatic heterocycles. The highest BCUT2D eigenvalue weighted by Gasteiger charge is 2.45. The van der Waals surface area contributed by atoms with Crippen LogP contribution in [0, 0.1) is 5.92 Å². The molecule has 36 heavy (non-hydrogen) atoms. The first-order valence-corrected chi connectivity index (χ1v) is 11.3. The Morgan fingerprint density at radius 1 is 1.11 bits per heavy atom. The third-order valence-corrected chi connectivity index (χ3v) is 6.33. The topological polar surface area (TPSA) is 101 Å². The molecule has 4 aromatic rings. The van der Waals surface area contributed by atoms with Gasteiger partial charge in [0.2, 0.25) is 5.43 Å². The first kappa shape index (κ1) is 23.3. The lowest BCUT2D eigenvalue weighted by atomic mass is 9.95. The molecule has 9 heteroatoms. The van der Waals surface area contributed by atoms with Crippen molar-refractivity contribution in [2.75, 3.05) is 6.54 Å². The lowest BCUT2D eigenvalue weighted by molar-refractivity contribution is -0.138. The van der Waals surface area contributed by atoms with Crippen LogP contribution >= 0.6 is 0 Å². The average molecular weight is 489 g/mol. The van der Waals surface area contributed by atoms with Gasteiger partial charge in [-0.05, 0) is 53.3 Å². The van der Waals surface area contributed by atoms with Crippen LogP contribution in [-0.4, -0.2) is 39.5 Å². The number of aliphatic carboxylic acids is 1. The van der Waals surface area contributed by atoms with E-state index in [1.165, 1.54) is 18.5 Å². The molecular formula is C27H21F2N3O4. The van der Waals surface area contributed by atoms with Crippen molar-refractivity contribution in [2.24, 2.45) is 5.92 Å². The number of amides is 1. The molecule has 2 aromatic carbocycles. The minimum atomic E-state index is -2.75. The quantitative estimate of drug-likeness (QED) is 0.405. The van der Waals surface area contributed by atoms with Crippen LogP contribution in [0.25, 0.3) is 27.8 Å². The van der Waals surface area contributed by atoms with Crippen LogP contribution in [0.3, 0.4) is 0 Å². The fourth-order valence-corrected chi connectivity index (χ4v) is 4.50. The van der Waals surface area contributed by atoms with Crippen molar-refractivity contribution in [2.45, 2.75) is 18.8 Å². The summed E-state index contributed by atoms with van der Waals surface area (Å²) in [5.74, 6) is -2.18. The van der Waals surface area contributed by atoms with E-state index in [1.54, 1.807) is 16.7 Å². The van der Waals surface area contributed by atoms with Crippen LogP contribution in [0.1, 0.15) is 28.3 Å². The molecule has 0 spiro atoms. The first-order chi connectivity index (χ1) is 17.3. The Balaban J connectivity index is 1.62. The van der Waals surface area contributed by atoms with Crippen molar-refractivity contribution >= 4 is 22.9 Å². The fraction of sp³-hybridized carbons (Fsp3) is 0.185. The molecule has 1 aliphatic rings. The Bertz CT molecular complexity index is 1550. The van der Waals surface area contributed by atoms with Crippen LogP contribution in [0.5, 0.6) is 0 Å². The highest BCUT2D eigenvalue weighted by molar-refractivity contribution is 5.97. The lowest BCUT2D eigenvalue weighted by Gasteiger charge is -2.15. The maximum Gasteiger partial charge on any atom is 0.307 e. The van der Waals surface area contributed by atoms with Gasteiger partial charge >= 0.3 is 5.97 Å². The van der Waals surface area contributed by atoms with Gasteiger partial charge in [-0.15, -0.1) is 0 Å². The number of hydrogen-bond acceptors (Lipinski definition) is 4. The van der Waals surface area contributed by atoms with E-state index in [4.69, 9.17) is 0 Å². The highest BCUT2D eigenvalue weighted by atomic mass is 19.3. The van der Waals surface area contributed by atoms with Crippen LogP contribution in [0.4, 0.5) is 8.78 Å². The number of aromatic nitrogens is 2. The lowest BCUT2D eigenvalue weighted by Crippen LogP contribution is -2.33. The summed E-state index contributed by atoms with van der Waals surface area (Å²) >= 11 is 0. The van der Waals surface area contributed by atoms with Crippen molar-refractivity contribution in [1.82, 2.24) is 14.9 Å². The zero-order valence-corrected chi connectivity index (χ0v) is 18.9. The summed E-state index contributed by atoms with van der Waals surface area (Å²) in [5.41, 5.74) is 2.69. The van der Waals surface area contributed by atoms with Crippen molar-refractivity contribution in [3.05, 3.63) is 94.4 Å². The van der Waals surface area contributed by atoms with Gasteiger partial charge in [0.15, 0.2) is 0 Å². The molecule has 2 atom stereocenters. The molecule has 2 heterocycles. The molecule has 2 unspecified atom stereocenters. The molecule has 182 valence electrons. The van der Waals surface area contributed by atoms with Gasteiger partial charge in [-0.25, -0.2) is 13.8 Å². The van der Waals surface area contributed by atoms with Crippen LogP contribution in [0.2, 0.25) is 0 Å². The number of nitrogens with zero attached hydrogens (tertiary/aromatic N) is 2. The van der Waals surface area contributed by atoms with Gasteiger partial charge in [0.05, 0.1) is 17.8 Å². The maximum atomic E-state index is 12.9. The van der Waals surface area contributed by atoms with Crippen LogP contribution in [0.15, 0.2) is 77.9 Å². The Morgan fingerprint density at radius 3 is 2.67 bits per heavy atom. The highest BCUT2D eigenvalue weighted by Crippen LogP contribution is 2.50. The van der Waals surface area contributed by atoms with E-state index in [2.05, 4.69) is 10.3 Å². The van der Waals surface area contributed by atoms with Gasteiger partial charge < -0.3 is 15.0 Å². The van der Waals surface area contributed by atoms with E-state index >= 15 is 0 Å². The monoisotopic (exact) mass is 489 g/mol. The summed E-state index contributed by atoms with van der Waals surface area (Å²) in [5, 5.41) is 11.7. The predicted molar refractivity (Wildman–Crippen MR) is 130 cm³/mol. The van der Waals surface area contributed by atoms with Crippen molar-refractivity contribution in [1.29, 1.82) is 0 Å². The number of fused-ring (bicyclic) bond motifs is 1. The predicted octanol–water partition coefficient (Wildman–Crippen LogP) is 4.24. The van der Waals surface area contributed by atoms with Gasteiger partial charge in [-0.3, -0.25) is 14.4 Å². The molecule has 1 fully saturated rings. The third-order valence-electron chi connectivity index (χ3n) is 6.33. The second kappa shape index (κ2) is 9.33. The van der Waals surface area contributed by atoms with Crippen molar-refractivity contribution in [3.8, 4) is 16.8 Å². The summed E-state index contributed by atoms with van der Waals surface area (Å²) in [7, 11) is 0. The molecule has 1 aliphatic carbocycles. The molecule has 7 nitrogen and oxygen atoms in total. The molecular weight excluding hydrogens is 468 g/mol. The second-order valence-electron chi connectivity index (χ2n) is 8.64. The largest absolute Gasteiger partial charge is 0.481 e. The number of carboxylic acid groups (broad SMARTS) is 1. The number of carbonyl (C=O) groups excluding carboxylic acids is 1. The zero-order valence-electron chi connectivity index (χ0n) is 18.9. The van der Waals surface area contributed by atoms with Gasteiger partial charge in [0.25, 0.3) is 12.3 Å². The van der Waals surface area contributed by atoms with Gasteiger partial charge in [-0.2, -0.15) is 0 Å². The van der Waals surface area contributed by atoms with Crippen LogP contribution in [-0.2, 0) is 4.79 Å². The Labute approximate surface area is 204 Å². The van der Waals surface area contributed by atoms with Gasteiger partial charge in [0, 0.05) is 18.1 Å². The van der Waals surface area contributed by atoms with E-state index in [0.717, 1.165) is 16.7 Å². The smallest absolute Gasteiger partial charge is 0.307 e. The number of carboxylic acids is 1.